The molecule has 0 unspecified atom stereocenters. The van der Waals surface area contributed by atoms with Crippen molar-refractivity contribution in [3.05, 3.63) is 35.4 Å². The number of ether oxygens (including phenoxy) is 1. The van der Waals surface area contributed by atoms with Gasteiger partial charge < -0.3 is 9.84 Å². The van der Waals surface area contributed by atoms with Gasteiger partial charge in [0.2, 0.25) is 0 Å². The van der Waals surface area contributed by atoms with Gasteiger partial charge in [0.15, 0.2) is 0 Å². The molecule has 0 saturated heterocycles. The summed E-state index contributed by atoms with van der Waals surface area (Å²) in [6.07, 6.45) is -0.00647. The molecular formula is C16H19NO4. The SMILES string of the molecule is CC(C)(C)OC(=O)C[C@@H](Cc1cccc(C#N)c1)C(=O)O. The predicted octanol–water partition coefficient (Wildman–Crippen LogP) is 2.53. The molecule has 1 N–H and O–H groups in total. The minimum Gasteiger partial charge on any atom is -0.481 e. The molecule has 0 saturated carbocycles. The maximum atomic E-state index is 11.7. The van der Waals surface area contributed by atoms with Crippen LogP contribution >= 0.6 is 0 Å². The topological polar surface area (TPSA) is 87.4 Å². The van der Waals surface area contributed by atoms with Crippen LogP contribution in [-0.4, -0.2) is 22.6 Å². The van der Waals surface area contributed by atoms with Crippen LogP contribution in [0.1, 0.15) is 38.3 Å². The Kier molecular flexibility index (Phi) is 5.48. The Labute approximate surface area is 124 Å². The van der Waals surface area contributed by atoms with E-state index in [1.54, 1.807) is 45.0 Å². The molecule has 1 atom stereocenters. The summed E-state index contributed by atoms with van der Waals surface area (Å²) in [7, 11) is 0. The molecule has 0 aliphatic heterocycles. The van der Waals surface area contributed by atoms with E-state index >= 15 is 0 Å². The fourth-order valence-electron chi connectivity index (χ4n) is 1.88. The van der Waals surface area contributed by atoms with E-state index in [1.165, 1.54) is 0 Å². The second kappa shape index (κ2) is 6.89. The van der Waals surface area contributed by atoms with E-state index in [9.17, 15) is 14.7 Å². The van der Waals surface area contributed by atoms with E-state index in [0.29, 0.717) is 11.1 Å². The summed E-state index contributed by atoms with van der Waals surface area (Å²) in [5, 5.41) is 18.1. The van der Waals surface area contributed by atoms with Gasteiger partial charge in [-0.2, -0.15) is 5.26 Å². The Morgan fingerprint density at radius 1 is 1.38 bits per heavy atom. The second-order valence-corrected chi connectivity index (χ2v) is 5.84. The van der Waals surface area contributed by atoms with Crippen LogP contribution in [0.2, 0.25) is 0 Å². The summed E-state index contributed by atoms with van der Waals surface area (Å²) in [5.41, 5.74) is 0.542. The predicted molar refractivity (Wildman–Crippen MR) is 76.4 cm³/mol. The lowest BCUT2D eigenvalue weighted by atomic mass is 9.95. The number of hydrogen-bond acceptors (Lipinski definition) is 4. The molecule has 0 fully saturated rings. The molecule has 0 amide bonds. The van der Waals surface area contributed by atoms with E-state index in [0.717, 1.165) is 0 Å². The average Bonchev–Trinajstić information content (AvgIpc) is 2.36. The Hall–Kier alpha value is -2.35. The number of benzene rings is 1. The molecule has 1 aromatic rings. The quantitative estimate of drug-likeness (QED) is 0.841. The van der Waals surface area contributed by atoms with Gasteiger partial charge in [-0.1, -0.05) is 12.1 Å². The molecule has 5 heteroatoms. The molecule has 21 heavy (non-hydrogen) atoms. The number of nitriles is 1. The molecule has 0 aliphatic rings. The summed E-state index contributed by atoms with van der Waals surface area (Å²) < 4.78 is 5.15. The maximum absolute atomic E-state index is 11.7. The largest absolute Gasteiger partial charge is 0.481 e. The maximum Gasteiger partial charge on any atom is 0.307 e. The first-order valence-electron chi connectivity index (χ1n) is 6.65. The number of carboxylic acid groups (broad SMARTS) is 1. The zero-order valence-corrected chi connectivity index (χ0v) is 12.4. The summed E-state index contributed by atoms with van der Waals surface area (Å²) in [4.78, 5) is 23.0. The molecule has 0 radical (unpaired) electrons. The molecule has 0 bridgehead atoms. The smallest absolute Gasteiger partial charge is 0.307 e. The van der Waals surface area contributed by atoms with Gasteiger partial charge in [-0.05, 0) is 44.9 Å². The van der Waals surface area contributed by atoms with E-state index in [4.69, 9.17) is 10.00 Å². The molecule has 5 nitrogen and oxygen atoms in total. The van der Waals surface area contributed by atoms with E-state index < -0.39 is 23.5 Å². The summed E-state index contributed by atoms with van der Waals surface area (Å²) >= 11 is 0. The minimum absolute atomic E-state index is 0.185. The Balaban J connectivity index is 2.77. The number of nitrogens with zero attached hydrogens (tertiary/aromatic N) is 1. The monoisotopic (exact) mass is 289 g/mol. The van der Waals surface area contributed by atoms with Crippen molar-refractivity contribution >= 4 is 11.9 Å². The lowest BCUT2D eigenvalue weighted by molar-refractivity contribution is -0.159. The van der Waals surface area contributed by atoms with Gasteiger partial charge in [-0.25, -0.2) is 0 Å². The number of carbonyl (C=O) groups is 2. The van der Waals surface area contributed by atoms with E-state index in [1.807, 2.05) is 6.07 Å². The second-order valence-electron chi connectivity index (χ2n) is 5.84. The first-order valence-corrected chi connectivity index (χ1v) is 6.65. The lowest BCUT2D eigenvalue weighted by Gasteiger charge is -2.21. The normalized spacial score (nSPS) is 12.3. The van der Waals surface area contributed by atoms with Gasteiger partial charge in [-0.15, -0.1) is 0 Å². The van der Waals surface area contributed by atoms with Gasteiger partial charge in [0, 0.05) is 0 Å². The van der Waals surface area contributed by atoms with Gasteiger partial charge in [0.05, 0.1) is 24.0 Å². The third kappa shape index (κ3) is 6.09. The van der Waals surface area contributed by atoms with Gasteiger partial charge >= 0.3 is 11.9 Å². The highest BCUT2D eigenvalue weighted by Crippen LogP contribution is 2.17. The van der Waals surface area contributed by atoms with Crippen molar-refractivity contribution in [2.24, 2.45) is 5.92 Å². The molecule has 0 aliphatic carbocycles. The van der Waals surface area contributed by atoms with Crippen LogP contribution in [0.25, 0.3) is 0 Å². The van der Waals surface area contributed by atoms with Crippen molar-refractivity contribution in [3.8, 4) is 6.07 Å². The number of hydrogen-bond donors (Lipinski definition) is 1. The molecule has 0 aromatic heterocycles. The highest BCUT2D eigenvalue weighted by atomic mass is 16.6. The summed E-state index contributed by atoms with van der Waals surface area (Å²) in [6.45, 7) is 5.20. The van der Waals surface area contributed by atoms with Crippen LogP contribution in [0.15, 0.2) is 24.3 Å². The van der Waals surface area contributed by atoms with Crippen LogP contribution in [0, 0.1) is 17.2 Å². The molecule has 1 rings (SSSR count). The van der Waals surface area contributed by atoms with Gasteiger partial charge in [0.1, 0.15) is 5.60 Å². The van der Waals surface area contributed by atoms with Crippen molar-refractivity contribution < 1.29 is 19.4 Å². The number of rotatable bonds is 5. The fourth-order valence-corrected chi connectivity index (χ4v) is 1.88. The number of esters is 1. The van der Waals surface area contributed by atoms with Crippen molar-refractivity contribution in [1.29, 1.82) is 5.26 Å². The van der Waals surface area contributed by atoms with E-state index in [-0.39, 0.29) is 12.8 Å². The van der Waals surface area contributed by atoms with Crippen molar-refractivity contribution in [3.63, 3.8) is 0 Å². The van der Waals surface area contributed by atoms with Crippen LogP contribution in [0.4, 0.5) is 0 Å². The van der Waals surface area contributed by atoms with Crippen molar-refractivity contribution in [2.75, 3.05) is 0 Å². The number of aliphatic carboxylic acids is 1. The number of carbonyl (C=O) groups excluding carboxylic acids is 1. The third-order valence-corrected chi connectivity index (χ3v) is 2.72. The zero-order valence-electron chi connectivity index (χ0n) is 12.4. The minimum atomic E-state index is -1.05. The molecule has 0 heterocycles. The van der Waals surface area contributed by atoms with Crippen molar-refractivity contribution in [2.45, 2.75) is 39.2 Å². The Bertz CT molecular complexity index is 566. The Morgan fingerprint density at radius 3 is 2.57 bits per heavy atom. The highest BCUT2D eigenvalue weighted by molar-refractivity contribution is 5.79. The summed E-state index contributed by atoms with van der Waals surface area (Å²) in [6, 6.07) is 8.72. The lowest BCUT2D eigenvalue weighted by Crippen LogP contribution is -2.28. The average molecular weight is 289 g/mol. The zero-order chi connectivity index (χ0) is 16.0. The van der Waals surface area contributed by atoms with Crippen LogP contribution in [0.3, 0.4) is 0 Å². The Morgan fingerprint density at radius 2 is 2.05 bits per heavy atom. The highest BCUT2D eigenvalue weighted by Gasteiger charge is 2.25. The fraction of sp³-hybridized carbons (Fsp3) is 0.438. The van der Waals surface area contributed by atoms with Crippen LogP contribution < -0.4 is 0 Å². The summed E-state index contributed by atoms with van der Waals surface area (Å²) in [5.74, 6) is -2.46. The standard InChI is InChI=1S/C16H19NO4/c1-16(2,3)21-14(18)9-13(15(19)20)8-11-5-4-6-12(7-11)10-17/h4-7,13H,8-9H2,1-3H3,(H,19,20)/t13-/m1/s1. The van der Waals surface area contributed by atoms with Crippen molar-refractivity contribution in [1.82, 2.24) is 0 Å². The van der Waals surface area contributed by atoms with Gasteiger partial charge in [-0.3, -0.25) is 9.59 Å². The number of carboxylic acids is 1. The molecule has 1 aromatic carbocycles. The van der Waals surface area contributed by atoms with Crippen LogP contribution in [-0.2, 0) is 20.7 Å². The molecular weight excluding hydrogens is 270 g/mol. The third-order valence-electron chi connectivity index (χ3n) is 2.72. The first-order chi connectivity index (χ1) is 9.71. The first kappa shape index (κ1) is 16.7. The van der Waals surface area contributed by atoms with Gasteiger partial charge in [0.25, 0.3) is 0 Å². The van der Waals surface area contributed by atoms with Crippen LogP contribution in [0.5, 0.6) is 0 Å². The molecule has 112 valence electrons. The molecule has 0 spiro atoms. The van der Waals surface area contributed by atoms with E-state index in [2.05, 4.69) is 0 Å².